The van der Waals surface area contributed by atoms with Crippen LogP contribution in [-0.4, -0.2) is 22.8 Å². The van der Waals surface area contributed by atoms with Gasteiger partial charge in [0.05, 0.1) is 0 Å². The number of amides is 2. The van der Waals surface area contributed by atoms with Crippen molar-refractivity contribution in [3.05, 3.63) is 12.2 Å². The summed E-state index contributed by atoms with van der Waals surface area (Å²) >= 11 is 0. The van der Waals surface area contributed by atoms with Crippen molar-refractivity contribution in [3.8, 4) is 0 Å². The van der Waals surface area contributed by atoms with Gasteiger partial charge in [0.25, 0.3) is 11.8 Å². The molecule has 2 atom stereocenters. The van der Waals surface area contributed by atoms with Gasteiger partial charge in [-0.25, -0.2) is 0 Å². The van der Waals surface area contributed by atoms with Crippen molar-refractivity contribution < 1.29 is 9.59 Å². The molecule has 1 saturated carbocycles. The zero-order valence-electron chi connectivity index (χ0n) is 7.69. The molecule has 2 unspecified atom stereocenters. The van der Waals surface area contributed by atoms with E-state index in [-0.39, 0.29) is 17.9 Å². The molecular weight excluding hydrogens is 166 g/mol. The fourth-order valence-electron chi connectivity index (χ4n) is 2.18. The predicted molar refractivity (Wildman–Crippen MR) is 47.8 cm³/mol. The molecule has 0 saturated heterocycles. The highest BCUT2D eigenvalue weighted by Gasteiger charge is 2.34. The maximum atomic E-state index is 11.3. The van der Waals surface area contributed by atoms with Crippen LogP contribution in [0, 0.1) is 5.92 Å². The molecule has 2 aliphatic rings. The lowest BCUT2D eigenvalue weighted by Crippen LogP contribution is -2.38. The van der Waals surface area contributed by atoms with Crippen LogP contribution in [0.3, 0.4) is 0 Å². The Bertz CT molecular complexity index is 265. The molecule has 13 heavy (non-hydrogen) atoms. The fourth-order valence-corrected chi connectivity index (χ4v) is 2.18. The molecular formula is C10H13NO2. The Morgan fingerprint density at radius 3 is 2.31 bits per heavy atom. The highest BCUT2D eigenvalue weighted by molar-refractivity contribution is 6.13. The van der Waals surface area contributed by atoms with Gasteiger partial charge in [-0.3, -0.25) is 14.5 Å². The number of imide groups is 1. The second-order valence-electron chi connectivity index (χ2n) is 3.95. The van der Waals surface area contributed by atoms with Crippen molar-refractivity contribution in [2.24, 2.45) is 5.92 Å². The maximum Gasteiger partial charge on any atom is 0.253 e. The van der Waals surface area contributed by atoms with Gasteiger partial charge in [0, 0.05) is 18.2 Å². The van der Waals surface area contributed by atoms with Gasteiger partial charge in [-0.2, -0.15) is 0 Å². The Balaban J connectivity index is 2.09. The minimum absolute atomic E-state index is 0.135. The van der Waals surface area contributed by atoms with Crippen LogP contribution in [-0.2, 0) is 9.59 Å². The van der Waals surface area contributed by atoms with E-state index in [4.69, 9.17) is 0 Å². The van der Waals surface area contributed by atoms with E-state index in [1.54, 1.807) is 0 Å². The summed E-state index contributed by atoms with van der Waals surface area (Å²) in [5.41, 5.74) is 0. The standard InChI is InChI=1S/C10H13NO2/c1-7-2-3-8(6-7)11-9(12)4-5-10(11)13/h4-5,7-8H,2-3,6H2,1H3. The molecule has 0 bridgehead atoms. The van der Waals surface area contributed by atoms with Gasteiger partial charge < -0.3 is 0 Å². The molecule has 1 aliphatic heterocycles. The summed E-state index contributed by atoms with van der Waals surface area (Å²) in [5, 5.41) is 0. The van der Waals surface area contributed by atoms with Crippen LogP contribution >= 0.6 is 0 Å². The fraction of sp³-hybridized carbons (Fsp3) is 0.600. The van der Waals surface area contributed by atoms with Gasteiger partial charge in [0.1, 0.15) is 0 Å². The molecule has 0 N–H and O–H groups in total. The van der Waals surface area contributed by atoms with Crippen molar-refractivity contribution in [1.82, 2.24) is 4.90 Å². The summed E-state index contributed by atoms with van der Waals surface area (Å²) in [6.07, 6.45) is 5.80. The maximum absolute atomic E-state index is 11.3. The van der Waals surface area contributed by atoms with E-state index in [0.29, 0.717) is 5.92 Å². The average Bonchev–Trinajstić information content (AvgIpc) is 2.60. The highest BCUT2D eigenvalue weighted by Crippen LogP contribution is 2.30. The zero-order valence-corrected chi connectivity index (χ0v) is 7.69. The third-order valence-corrected chi connectivity index (χ3v) is 2.88. The topological polar surface area (TPSA) is 37.4 Å². The van der Waals surface area contributed by atoms with Crippen molar-refractivity contribution >= 4 is 11.8 Å². The molecule has 0 aromatic rings. The summed E-state index contributed by atoms with van der Waals surface area (Å²) in [4.78, 5) is 24.0. The lowest BCUT2D eigenvalue weighted by atomic mass is 10.1. The van der Waals surface area contributed by atoms with Gasteiger partial charge in [0.15, 0.2) is 0 Å². The number of rotatable bonds is 1. The molecule has 1 fully saturated rings. The smallest absolute Gasteiger partial charge is 0.253 e. The Kier molecular flexibility index (Phi) is 1.94. The molecule has 1 heterocycles. The van der Waals surface area contributed by atoms with Gasteiger partial charge in [-0.05, 0) is 25.2 Å². The normalized spacial score (nSPS) is 33.5. The van der Waals surface area contributed by atoms with Gasteiger partial charge in [-0.1, -0.05) is 6.92 Å². The number of nitrogens with zero attached hydrogens (tertiary/aromatic N) is 1. The monoisotopic (exact) mass is 179 g/mol. The molecule has 0 aromatic carbocycles. The number of hydrogen-bond acceptors (Lipinski definition) is 2. The Labute approximate surface area is 77.4 Å². The quantitative estimate of drug-likeness (QED) is 0.565. The number of carbonyl (C=O) groups excluding carboxylic acids is 2. The molecule has 3 nitrogen and oxygen atoms in total. The summed E-state index contributed by atoms with van der Waals surface area (Å²) in [6.45, 7) is 2.17. The number of carbonyl (C=O) groups is 2. The molecule has 1 aliphatic carbocycles. The second kappa shape index (κ2) is 2.98. The average molecular weight is 179 g/mol. The van der Waals surface area contributed by atoms with Crippen LogP contribution in [0.25, 0.3) is 0 Å². The van der Waals surface area contributed by atoms with Crippen LogP contribution in [0.4, 0.5) is 0 Å². The molecule has 0 radical (unpaired) electrons. The molecule has 2 amide bonds. The first-order valence-corrected chi connectivity index (χ1v) is 4.73. The van der Waals surface area contributed by atoms with E-state index in [2.05, 4.69) is 6.92 Å². The Hall–Kier alpha value is -1.12. The summed E-state index contributed by atoms with van der Waals surface area (Å²) in [6, 6.07) is 0.157. The summed E-state index contributed by atoms with van der Waals surface area (Å²) in [5.74, 6) is 0.374. The first-order valence-electron chi connectivity index (χ1n) is 4.73. The second-order valence-corrected chi connectivity index (χ2v) is 3.95. The lowest BCUT2D eigenvalue weighted by Gasteiger charge is -2.21. The van der Waals surface area contributed by atoms with Crippen LogP contribution in [0.2, 0.25) is 0 Å². The zero-order chi connectivity index (χ0) is 9.42. The Morgan fingerprint density at radius 2 is 1.85 bits per heavy atom. The lowest BCUT2D eigenvalue weighted by molar-refractivity contribution is -0.139. The van der Waals surface area contributed by atoms with Gasteiger partial charge in [0.2, 0.25) is 0 Å². The molecule has 0 spiro atoms. The van der Waals surface area contributed by atoms with E-state index in [9.17, 15) is 9.59 Å². The van der Waals surface area contributed by atoms with Crippen LogP contribution in [0.15, 0.2) is 12.2 Å². The van der Waals surface area contributed by atoms with E-state index in [1.807, 2.05) is 0 Å². The van der Waals surface area contributed by atoms with Crippen molar-refractivity contribution in [2.75, 3.05) is 0 Å². The van der Waals surface area contributed by atoms with E-state index >= 15 is 0 Å². The molecule has 70 valence electrons. The molecule has 2 rings (SSSR count). The van der Waals surface area contributed by atoms with Gasteiger partial charge in [-0.15, -0.1) is 0 Å². The van der Waals surface area contributed by atoms with E-state index in [1.165, 1.54) is 17.1 Å². The van der Waals surface area contributed by atoms with Crippen molar-refractivity contribution in [1.29, 1.82) is 0 Å². The van der Waals surface area contributed by atoms with Crippen LogP contribution < -0.4 is 0 Å². The van der Waals surface area contributed by atoms with Crippen LogP contribution in [0.1, 0.15) is 26.2 Å². The summed E-state index contributed by atoms with van der Waals surface area (Å²) < 4.78 is 0. The minimum Gasteiger partial charge on any atom is -0.272 e. The van der Waals surface area contributed by atoms with Gasteiger partial charge >= 0.3 is 0 Å². The first kappa shape index (κ1) is 8.48. The largest absolute Gasteiger partial charge is 0.272 e. The third kappa shape index (κ3) is 1.39. The molecule has 3 heteroatoms. The SMILES string of the molecule is CC1CCC(N2C(=O)C=CC2=O)C1. The van der Waals surface area contributed by atoms with Crippen molar-refractivity contribution in [2.45, 2.75) is 32.2 Å². The van der Waals surface area contributed by atoms with Crippen molar-refractivity contribution in [3.63, 3.8) is 0 Å². The number of hydrogen-bond donors (Lipinski definition) is 0. The minimum atomic E-state index is -0.135. The molecule has 0 aromatic heterocycles. The van der Waals surface area contributed by atoms with E-state index < -0.39 is 0 Å². The predicted octanol–water partition coefficient (Wildman–Crippen LogP) is 1.10. The highest BCUT2D eigenvalue weighted by atomic mass is 16.2. The van der Waals surface area contributed by atoms with Crippen LogP contribution in [0.5, 0.6) is 0 Å². The third-order valence-electron chi connectivity index (χ3n) is 2.88. The Morgan fingerprint density at radius 1 is 1.23 bits per heavy atom. The summed E-state index contributed by atoms with van der Waals surface area (Å²) in [7, 11) is 0. The van der Waals surface area contributed by atoms with E-state index in [0.717, 1.165) is 19.3 Å². The first-order chi connectivity index (χ1) is 6.18.